The summed E-state index contributed by atoms with van der Waals surface area (Å²) in [5, 5.41) is 17.2. The van der Waals surface area contributed by atoms with Gasteiger partial charge in [-0.3, -0.25) is 19.6 Å². The SMILES string of the molecule is Cc1ccc(Oc2cc(NC(=O)c3nn(C)c(C(F)(F)F)c3Br)cc([N+](=O)[O-])c2)cc1. The van der Waals surface area contributed by atoms with E-state index < -0.39 is 32.9 Å². The van der Waals surface area contributed by atoms with Gasteiger partial charge in [0.15, 0.2) is 11.4 Å². The van der Waals surface area contributed by atoms with Gasteiger partial charge in [-0.1, -0.05) is 17.7 Å². The summed E-state index contributed by atoms with van der Waals surface area (Å²) in [6, 6.07) is 10.4. The van der Waals surface area contributed by atoms with Gasteiger partial charge in [0.2, 0.25) is 0 Å². The quantitative estimate of drug-likeness (QED) is 0.371. The van der Waals surface area contributed by atoms with Crippen LogP contribution in [0.1, 0.15) is 21.7 Å². The number of non-ortho nitro benzene ring substituents is 1. The molecule has 162 valence electrons. The minimum atomic E-state index is -4.74. The smallest absolute Gasteiger partial charge is 0.434 e. The molecule has 8 nitrogen and oxygen atoms in total. The van der Waals surface area contributed by atoms with Gasteiger partial charge < -0.3 is 10.1 Å². The van der Waals surface area contributed by atoms with Gasteiger partial charge in [-0.05, 0) is 35.0 Å². The molecule has 0 atom stereocenters. The zero-order chi connectivity index (χ0) is 22.9. The zero-order valence-electron chi connectivity index (χ0n) is 16.0. The molecule has 0 fully saturated rings. The average Bonchev–Trinajstić information content (AvgIpc) is 2.98. The van der Waals surface area contributed by atoms with Crippen LogP contribution in [0.5, 0.6) is 11.5 Å². The number of nitrogens with one attached hydrogen (secondary N) is 1. The molecule has 0 spiro atoms. The molecule has 3 aromatic rings. The highest BCUT2D eigenvalue weighted by molar-refractivity contribution is 9.10. The second-order valence-electron chi connectivity index (χ2n) is 6.47. The van der Waals surface area contributed by atoms with Crippen molar-refractivity contribution in [1.82, 2.24) is 9.78 Å². The molecule has 0 unspecified atom stereocenters. The summed E-state index contributed by atoms with van der Waals surface area (Å²) in [6.07, 6.45) is -4.74. The first-order valence-electron chi connectivity index (χ1n) is 8.60. The molecule has 12 heteroatoms. The number of carbonyl (C=O) groups excluding carboxylic acids is 1. The van der Waals surface area contributed by atoms with Gasteiger partial charge in [-0.2, -0.15) is 18.3 Å². The summed E-state index contributed by atoms with van der Waals surface area (Å²) in [7, 11) is 1.05. The van der Waals surface area contributed by atoms with Crippen LogP contribution in [-0.4, -0.2) is 20.6 Å². The van der Waals surface area contributed by atoms with E-state index in [1.165, 1.54) is 6.07 Å². The molecule has 2 aromatic carbocycles. The summed E-state index contributed by atoms with van der Waals surface area (Å²) in [5.41, 5.74) is -1.11. The van der Waals surface area contributed by atoms with Crippen LogP contribution in [0, 0.1) is 17.0 Å². The Morgan fingerprint density at radius 2 is 1.84 bits per heavy atom. The van der Waals surface area contributed by atoms with Gasteiger partial charge in [0.05, 0.1) is 21.1 Å². The first-order valence-corrected chi connectivity index (χ1v) is 9.40. The van der Waals surface area contributed by atoms with E-state index in [4.69, 9.17) is 4.74 Å². The van der Waals surface area contributed by atoms with Crippen LogP contribution in [0.2, 0.25) is 0 Å². The molecule has 3 rings (SSSR count). The minimum absolute atomic E-state index is 0.0487. The fourth-order valence-electron chi connectivity index (χ4n) is 2.70. The number of nitro benzene ring substituents is 1. The van der Waals surface area contributed by atoms with Crippen LogP contribution in [0.15, 0.2) is 46.9 Å². The van der Waals surface area contributed by atoms with Crippen molar-refractivity contribution in [3.8, 4) is 11.5 Å². The lowest BCUT2D eigenvalue weighted by Gasteiger charge is -2.09. The van der Waals surface area contributed by atoms with Crippen molar-refractivity contribution in [1.29, 1.82) is 0 Å². The first-order chi connectivity index (χ1) is 14.5. The fraction of sp³-hybridized carbons (Fsp3) is 0.158. The second kappa shape index (κ2) is 8.38. The maximum Gasteiger partial charge on any atom is 0.434 e. The summed E-state index contributed by atoms with van der Waals surface area (Å²) >= 11 is 2.76. The van der Waals surface area contributed by atoms with E-state index in [0.29, 0.717) is 10.4 Å². The number of anilines is 1. The number of hydrogen-bond donors (Lipinski definition) is 1. The monoisotopic (exact) mass is 498 g/mol. The van der Waals surface area contributed by atoms with Crippen LogP contribution in [0.3, 0.4) is 0 Å². The van der Waals surface area contributed by atoms with E-state index in [-0.39, 0.29) is 17.1 Å². The molecule has 1 N–H and O–H groups in total. The highest BCUT2D eigenvalue weighted by Crippen LogP contribution is 2.37. The fourth-order valence-corrected chi connectivity index (χ4v) is 3.44. The molecule has 0 radical (unpaired) electrons. The topological polar surface area (TPSA) is 99.3 Å². The van der Waals surface area contributed by atoms with E-state index in [1.54, 1.807) is 24.3 Å². The van der Waals surface area contributed by atoms with Crippen molar-refractivity contribution in [2.75, 3.05) is 5.32 Å². The average molecular weight is 499 g/mol. The van der Waals surface area contributed by atoms with Gasteiger partial charge in [0.1, 0.15) is 11.5 Å². The van der Waals surface area contributed by atoms with E-state index in [0.717, 1.165) is 24.7 Å². The van der Waals surface area contributed by atoms with E-state index >= 15 is 0 Å². The normalized spacial score (nSPS) is 11.3. The summed E-state index contributed by atoms with van der Waals surface area (Å²) in [4.78, 5) is 23.1. The first kappa shape index (κ1) is 22.3. The number of nitro groups is 1. The number of rotatable bonds is 5. The molecule has 0 saturated carbocycles. The number of amides is 1. The number of ether oxygens (including phenoxy) is 1. The molecule has 1 heterocycles. The summed E-state index contributed by atoms with van der Waals surface area (Å²) in [6.45, 7) is 1.88. The molecule has 0 aliphatic rings. The third-order valence-electron chi connectivity index (χ3n) is 4.09. The van der Waals surface area contributed by atoms with Crippen LogP contribution in [-0.2, 0) is 13.2 Å². The number of nitrogens with zero attached hydrogens (tertiary/aromatic N) is 3. The van der Waals surface area contributed by atoms with Crippen molar-refractivity contribution in [3.63, 3.8) is 0 Å². The Bertz CT molecular complexity index is 1160. The number of aromatic nitrogens is 2. The molecule has 0 aliphatic carbocycles. The lowest BCUT2D eigenvalue weighted by molar-refractivity contribution is -0.384. The highest BCUT2D eigenvalue weighted by atomic mass is 79.9. The lowest BCUT2D eigenvalue weighted by Crippen LogP contribution is -2.14. The zero-order valence-corrected chi connectivity index (χ0v) is 17.6. The van der Waals surface area contributed by atoms with Gasteiger partial charge in [-0.25, -0.2) is 0 Å². The molecular weight excluding hydrogens is 485 g/mol. The van der Waals surface area contributed by atoms with Crippen molar-refractivity contribution in [2.45, 2.75) is 13.1 Å². The van der Waals surface area contributed by atoms with Crippen LogP contribution >= 0.6 is 15.9 Å². The van der Waals surface area contributed by atoms with E-state index in [1.807, 2.05) is 6.92 Å². The number of benzene rings is 2. The number of aryl methyl sites for hydroxylation is 2. The van der Waals surface area contributed by atoms with Gasteiger partial charge in [-0.15, -0.1) is 0 Å². The van der Waals surface area contributed by atoms with Crippen molar-refractivity contribution in [3.05, 3.63) is 74.0 Å². The van der Waals surface area contributed by atoms with Crippen LogP contribution < -0.4 is 10.1 Å². The third-order valence-corrected chi connectivity index (χ3v) is 4.84. The molecule has 1 amide bonds. The number of carbonyl (C=O) groups is 1. The Morgan fingerprint density at radius 3 is 2.39 bits per heavy atom. The molecule has 0 aliphatic heterocycles. The molecule has 31 heavy (non-hydrogen) atoms. The second-order valence-corrected chi connectivity index (χ2v) is 7.27. The number of hydrogen-bond acceptors (Lipinski definition) is 5. The van der Waals surface area contributed by atoms with E-state index in [2.05, 4.69) is 26.3 Å². The van der Waals surface area contributed by atoms with Gasteiger partial charge >= 0.3 is 6.18 Å². The standard InChI is InChI=1S/C19H14BrF3N4O4/c1-10-3-5-13(6-4-10)31-14-8-11(7-12(9-14)27(29)30)24-18(28)16-15(20)17(19(21,22)23)26(2)25-16/h3-9H,1-2H3,(H,24,28). The summed E-state index contributed by atoms with van der Waals surface area (Å²) in [5.74, 6) is -0.519. The predicted molar refractivity (Wildman–Crippen MR) is 108 cm³/mol. The third kappa shape index (κ3) is 5.02. The Morgan fingerprint density at radius 1 is 1.19 bits per heavy atom. The van der Waals surface area contributed by atoms with Crippen molar-refractivity contribution in [2.24, 2.45) is 7.05 Å². The molecular formula is C19H14BrF3N4O4. The van der Waals surface area contributed by atoms with Gasteiger partial charge in [0, 0.05) is 19.2 Å². The Hall–Kier alpha value is -3.41. The Labute approximate surface area is 181 Å². The summed E-state index contributed by atoms with van der Waals surface area (Å²) < 4.78 is 45.0. The Balaban J connectivity index is 1.92. The number of alkyl halides is 3. The largest absolute Gasteiger partial charge is 0.457 e. The maximum absolute atomic E-state index is 13.1. The highest BCUT2D eigenvalue weighted by Gasteiger charge is 2.39. The van der Waals surface area contributed by atoms with E-state index in [9.17, 15) is 28.1 Å². The predicted octanol–water partition coefficient (Wildman–Crippen LogP) is 5.46. The van der Waals surface area contributed by atoms with Crippen molar-refractivity contribution < 1.29 is 27.6 Å². The Kier molecular flexibility index (Phi) is 6.02. The van der Waals surface area contributed by atoms with Crippen LogP contribution in [0.25, 0.3) is 0 Å². The maximum atomic E-state index is 13.1. The van der Waals surface area contributed by atoms with Gasteiger partial charge in [0.25, 0.3) is 11.6 Å². The minimum Gasteiger partial charge on any atom is -0.457 e. The molecule has 1 aromatic heterocycles. The number of halogens is 4. The van der Waals surface area contributed by atoms with Crippen LogP contribution in [0.4, 0.5) is 24.5 Å². The molecule has 0 bridgehead atoms. The lowest BCUT2D eigenvalue weighted by atomic mass is 10.2. The molecule has 0 saturated heterocycles. The van der Waals surface area contributed by atoms with Crippen molar-refractivity contribution >= 4 is 33.2 Å².